The van der Waals surface area contributed by atoms with Crippen molar-refractivity contribution in [3.05, 3.63) is 12.2 Å². The average molecular weight is 861 g/mol. The van der Waals surface area contributed by atoms with Crippen LogP contribution in [0.3, 0.4) is 0 Å². The first-order chi connectivity index (χ1) is 30.0. The predicted octanol–water partition coefficient (Wildman–Crippen LogP) is 17.8. The number of carbonyl (C=O) groups is 3. The van der Waals surface area contributed by atoms with E-state index in [1.165, 1.54) is 199 Å². The fourth-order valence-corrected chi connectivity index (χ4v) is 8.14. The highest BCUT2D eigenvalue weighted by atomic mass is 16.6. The van der Waals surface area contributed by atoms with Crippen LogP contribution in [0, 0.1) is 0 Å². The molecule has 0 aliphatic heterocycles. The molecule has 0 bridgehead atoms. The van der Waals surface area contributed by atoms with Crippen LogP contribution in [-0.4, -0.2) is 37.2 Å². The number of rotatable bonds is 50. The van der Waals surface area contributed by atoms with E-state index in [0.717, 1.165) is 64.2 Å². The molecule has 0 amide bonds. The monoisotopic (exact) mass is 861 g/mol. The molecule has 61 heavy (non-hydrogen) atoms. The third-order valence-corrected chi connectivity index (χ3v) is 12.3. The first-order valence-corrected chi connectivity index (χ1v) is 27.2. The van der Waals surface area contributed by atoms with Crippen LogP contribution in [0.2, 0.25) is 0 Å². The predicted molar refractivity (Wildman–Crippen MR) is 261 cm³/mol. The fourth-order valence-electron chi connectivity index (χ4n) is 8.14. The van der Waals surface area contributed by atoms with Gasteiger partial charge in [0.05, 0.1) is 0 Å². The molecule has 0 spiro atoms. The Kier molecular flexibility index (Phi) is 49.3. The van der Waals surface area contributed by atoms with Gasteiger partial charge in [0, 0.05) is 19.3 Å². The first-order valence-electron chi connectivity index (χ1n) is 27.2. The summed E-state index contributed by atoms with van der Waals surface area (Å²) in [7, 11) is 0. The lowest BCUT2D eigenvalue weighted by Gasteiger charge is -2.18. The summed E-state index contributed by atoms with van der Waals surface area (Å²) in [6, 6.07) is 0. The summed E-state index contributed by atoms with van der Waals surface area (Å²) < 4.78 is 16.8. The Morgan fingerprint density at radius 2 is 0.541 bits per heavy atom. The lowest BCUT2D eigenvalue weighted by Crippen LogP contribution is -2.30. The molecule has 0 rings (SSSR count). The van der Waals surface area contributed by atoms with Crippen LogP contribution >= 0.6 is 0 Å². The summed E-state index contributed by atoms with van der Waals surface area (Å²) in [5.41, 5.74) is 0. The molecule has 0 aromatic rings. The molecule has 0 aliphatic carbocycles. The van der Waals surface area contributed by atoms with Crippen LogP contribution in [0.1, 0.15) is 303 Å². The molecule has 0 fully saturated rings. The number of ether oxygens (including phenoxy) is 3. The van der Waals surface area contributed by atoms with Crippen molar-refractivity contribution in [3.63, 3.8) is 0 Å². The van der Waals surface area contributed by atoms with E-state index >= 15 is 0 Å². The second kappa shape index (κ2) is 50.8. The highest BCUT2D eigenvalue weighted by Crippen LogP contribution is 2.17. The Labute approximate surface area is 380 Å². The van der Waals surface area contributed by atoms with Gasteiger partial charge in [0.2, 0.25) is 0 Å². The van der Waals surface area contributed by atoms with E-state index in [1.807, 2.05) is 0 Å². The van der Waals surface area contributed by atoms with E-state index in [9.17, 15) is 14.4 Å². The van der Waals surface area contributed by atoms with Crippen molar-refractivity contribution < 1.29 is 28.6 Å². The van der Waals surface area contributed by atoms with E-state index in [1.54, 1.807) is 0 Å². The van der Waals surface area contributed by atoms with Crippen LogP contribution in [0.4, 0.5) is 0 Å². The Morgan fingerprint density at radius 3 is 0.836 bits per heavy atom. The normalized spacial score (nSPS) is 12.0. The number of hydrogen-bond acceptors (Lipinski definition) is 6. The van der Waals surface area contributed by atoms with Gasteiger partial charge in [-0.05, 0) is 44.9 Å². The molecule has 360 valence electrons. The minimum Gasteiger partial charge on any atom is -0.462 e. The highest BCUT2D eigenvalue weighted by molar-refractivity contribution is 5.71. The van der Waals surface area contributed by atoms with Gasteiger partial charge in [0.1, 0.15) is 13.2 Å². The second-order valence-corrected chi connectivity index (χ2v) is 18.5. The number of hydrogen-bond donors (Lipinski definition) is 0. The van der Waals surface area contributed by atoms with Crippen LogP contribution in [0.5, 0.6) is 0 Å². The zero-order valence-electron chi connectivity index (χ0n) is 41.2. The van der Waals surface area contributed by atoms with Crippen LogP contribution < -0.4 is 0 Å². The van der Waals surface area contributed by atoms with Gasteiger partial charge in [-0.2, -0.15) is 0 Å². The Hall–Kier alpha value is -1.85. The topological polar surface area (TPSA) is 78.9 Å². The zero-order valence-corrected chi connectivity index (χ0v) is 41.2. The summed E-state index contributed by atoms with van der Waals surface area (Å²) in [4.78, 5) is 38.0. The summed E-state index contributed by atoms with van der Waals surface area (Å²) in [5.74, 6) is -0.856. The van der Waals surface area contributed by atoms with Gasteiger partial charge in [-0.1, -0.05) is 251 Å². The Morgan fingerprint density at radius 1 is 0.311 bits per heavy atom. The van der Waals surface area contributed by atoms with E-state index in [4.69, 9.17) is 14.2 Å². The zero-order chi connectivity index (χ0) is 44.4. The third-order valence-electron chi connectivity index (χ3n) is 12.3. The van der Waals surface area contributed by atoms with Gasteiger partial charge < -0.3 is 14.2 Å². The minimum absolute atomic E-state index is 0.0668. The van der Waals surface area contributed by atoms with Gasteiger partial charge in [-0.15, -0.1) is 0 Å². The van der Waals surface area contributed by atoms with Crippen LogP contribution in [0.25, 0.3) is 0 Å². The summed E-state index contributed by atoms with van der Waals surface area (Å²) in [6.07, 6.45) is 56.2. The number of esters is 3. The Balaban J connectivity index is 4.32. The minimum atomic E-state index is -0.766. The maximum absolute atomic E-state index is 12.8. The van der Waals surface area contributed by atoms with Gasteiger partial charge in [0.25, 0.3) is 0 Å². The van der Waals surface area contributed by atoms with Crippen molar-refractivity contribution in [2.45, 2.75) is 309 Å². The summed E-state index contributed by atoms with van der Waals surface area (Å²) in [6.45, 7) is 6.66. The third kappa shape index (κ3) is 49.0. The molecule has 0 aliphatic rings. The largest absolute Gasteiger partial charge is 0.462 e. The van der Waals surface area contributed by atoms with Gasteiger partial charge in [-0.25, -0.2) is 0 Å². The van der Waals surface area contributed by atoms with E-state index in [-0.39, 0.29) is 31.1 Å². The molecule has 1 atom stereocenters. The standard InChI is InChI=1S/C55H104O6/c1-4-7-10-13-16-19-22-25-27-28-31-33-36-39-42-45-48-54(57)60-51-52(50-59-53(56)47-44-41-38-35-32-29-24-21-18-15-12-9-6-3)61-55(58)49-46-43-40-37-34-30-26-23-20-17-14-11-8-5-2/h21,24,52H,4-20,22-23,25-51H2,1-3H3/b24-21-/t52-/m1/s1. The molecule has 0 N–H and O–H groups in total. The van der Waals surface area contributed by atoms with Gasteiger partial charge >= 0.3 is 17.9 Å². The number of carbonyl (C=O) groups excluding carboxylic acids is 3. The molecule has 0 aromatic heterocycles. The van der Waals surface area contributed by atoms with E-state index < -0.39 is 6.10 Å². The maximum Gasteiger partial charge on any atom is 0.306 e. The fraction of sp³-hybridized carbons (Fsp3) is 0.909. The van der Waals surface area contributed by atoms with E-state index in [0.29, 0.717) is 19.3 Å². The SMILES string of the molecule is CCCCCC/C=C\CCCCCCCC(=O)OC[C@H](COC(=O)CCCCCCCCCCCCCCCCCC)OC(=O)CCCCCCCCCCCCCCCC. The molecular formula is C55H104O6. The molecule has 0 saturated heterocycles. The molecule has 0 aromatic carbocycles. The summed E-state index contributed by atoms with van der Waals surface area (Å²) >= 11 is 0. The molecule has 6 heteroatoms. The quantitative estimate of drug-likeness (QED) is 0.0262. The molecule has 0 radical (unpaired) electrons. The van der Waals surface area contributed by atoms with Gasteiger partial charge in [0.15, 0.2) is 6.10 Å². The molecule has 0 heterocycles. The van der Waals surface area contributed by atoms with E-state index in [2.05, 4.69) is 32.9 Å². The second-order valence-electron chi connectivity index (χ2n) is 18.5. The van der Waals surface area contributed by atoms with Crippen molar-refractivity contribution in [2.75, 3.05) is 13.2 Å². The smallest absolute Gasteiger partial charge is 0.306 e. The molecular weight excluding hydrogens is 757 g/mol. The number of allylic oxidation sites excluding steroid dienone is 2. The molecule has 0 saturated carbocycles. The molecule has 0 unspecified atom stereocenters. The summed E-state index contributed by atoms with van der Waals surface area (Å²) in [5, 5.41) is 0. The molecule has 6 nitrogen and oxygen atoms in total. The lowest BCUT2D eigenvalue weighted by atomic mass is 10.0. The van der Waals surface area contributed by atoms with Crippen LogP contribution in [-0.2, 0) is 28.6 Å². The van der Waals surface area contributed by atoms with Crippen molar-refractivity contribution >= 4 is 17.9 Å². The Bertz CT molecular complexity index is 947. The van der Waals surface area contributed by atoms with Crippen molar-refractivity contribution in [3.8, 4) is 0 Å². The van der Waals surface area contributed by atoms with Crippen LogP contribution in [0.15, 0.2) is 12.2 Å². The highest BCUT2D eigenvalue weighted by Gasteiger charge is 2.19. The average Bonchev–Trinajstić information content (AvgIpc) is 3.26. The first kappa shape index (κ1) is 59.1. The lowest BCUT2D eigenvalue weighted by molar-refractivity contribution is -0.167. The maximum atomic E-state index is 12.8. The van der Waals surface area contributed by atoms with Crippen molar-refractivity contribution in [1.29, 1.82) is 0 Å². The van der Waals surface area contributed by atoms with Crippen molar-refractivity contribution in [1.82, 2.24) is 0 Å². The number of unbranched alkanes of at least 4 members (excludes halogenated alkanes) is 37. The van der Waals surface area contributed by atoms with Crippen molar-refractivity contribution in [2.24, 2.45) is 0 Å². The van der Waals surface area contributed by atoms with Gasteiger partial charge in [-0.3, -0.25) is 14.4 Å².